The summed E-state index contributed by atoms with van der Waals surface area (Å²) in [5, 5.41) is 3.13. The van der Waals surface area contributed by atoms with Gasteiger partial charge in [-0.3, -0.25) is 0 Å². The van der Waals surface area contributed by atoms with Crippen LogP contribution in [0.15, 0.2) is 24.3 Å². The Balaban J connectivity index is 2.01. The third kappa shape index (κ3) is 3.89. The fourth-order valence-electron chi connectivity index (χ4n) is 2.38. The van der Waals surface area contributed by atoms with Gasteiger partial charge in [0.15, 0.2) is 0 Å². The molecule has 3 unspecified atom stereocenters. The molecule has 3 atom stereocenters. The van der Waals surface area contributed by atoms with Gasteiger partial charge < -0.3 is 14.8 Å². The summed E-state index contributed by atoms with van der Waals surface area (Å²) in [4.78, 5) is 0. The van der Waals surface area contributed by atoms with E-state index in [1.165, 1.54) is 6.07 Å². The van der Waals surface area contributed by atoms with Crippen molar-refractivity contribution in [3.8, 4) is 5.75 Å². The minimum absolute atomic E-state index is 0.121. The van der Waals surface area contributed by atoms with E-state index in [0.717, 1.165) is 25.0 Å². The SMILES string of the molecule is CCCOC1C(NC)CC1Oc1cccc(C(F)(F)F)c1. The molecule has 0 bridgehead atoms. The standard InChI is InChI=1S/C15H20F3NO2/c1-3-7-20-14-12(19-2)9-13(14)21-11-6-4-5-10(8-11)15(16,17)18/h4-6,8,12-14,19H,3,7,9H2,1-2H3. The molecule has 0 spiro atoms. The molecule has 1 aliphatic carbocycles. The maximum absolute atomic E-state index is 12.7. The smallest absolute Gasteiger partial charge is 0.416 e. The van der Waals surface area contributed by atoms with Gasteiger partial charge in [-0.05, 0) is 31.7 Å². The van der Waals surface area contributed by atoms with E-state index in [1.54, 1.807) is 6.07 Å². The average Bonchev–Trinajstić information content (AvgIpc) is 2.43. The zero-order chi connectivity index (χ0) is 15.5. The number of hydrogen-bond acceptors (Lipinski definition) is 3. The van der Waals surface area contributed by atoms with E-state index < -0.39 is 11.7 Å². The highest BCUT2D eigenvalue weighted by Crippen LogP contribution is 2.34. The van der Waals surface area contributed by atoms with Crippen molar-refractivity contribution >= 4 is 0 Å². The lowest BCUT2D eigenvalue weighted by molar-refractivity contribution is -0.138. The molecule has 0 aromatic heterocycles. The molecule has 1 aromatic rings. The van der Waals surface area contributed by atoms with Crippen LogP contribution in [0.3, 0.4) is 0 Å². The molecular formula is C15H20F3NO2. The van der Waals surface area contributed by atoms with Crippen LogP contribution >= 0.6 is 0 Å². The number of nitrogens with one attached hydrogen (secondary N) is 1. The van der Waals surface area contributed by atoms with Crippen LogP contribution < -0.4 is 10.1 Å². The first-order chi connectivity index (χ1) is 9.95. The molecule has 0 heterocycles. The maximum Gasteiger partial charge on any atom is 0.416 e. The number of hydrogen-bond donors (Lipinski definition) is 1. The number of halogens is 3. The Bertz CT molecular complexity index is 464. The molecule has 3 nitrogen and oxygen atoms in total. The zero-order valence-electron chi connectivity index (χ0n) is 12.1. The molecular weight excluding hydrogens is 283 g/mol. The minimum Gasteiger partial charge on any atom is -0.488 e. The molecule has 118 valence electrons. The Kier molecular flexibility index (Phi) is 5.11. The summed E-state index contributed by atoms with van der Waals surface area (Å²) in [5.74, 6) is 0.231. The van der Waals surface area contributed by atoms with Crippen LogP contribution in [-0.2, 0) is 10.9 Å². The Labute approximate surface area is 122 Å². The summed E-state index contributed by atoms with van der Waals surface area (Å²) in [7, 11) is 1.84. The fourth-order valence-corrected chi connectivity index (χ4v) is 2.38. The summed E-state index contributed by atoms with van der Waals surface area (Å²) in [6, 6.07) is 5.15. The molecule has 0 amide bonds. The summed E-state index contributed by atoms with van der Waals surface area (Å²) in [6.45, 7) is 2.63. The largest absolute Gasteiger partial charge is 0.488 e. The summed E-state index contributed by atoms with van der Waals surface area (Å²) < 4.78 is 49.4. The third-order valence-electron chi connectivity index (χ3n) is 3.58. The molecule has 1 aromatic carbocycles. The Morgan fingerprint density at radius 2 is 2.10 bits per heavy atom. The quantitative estimate of drug-likeness (QED) is 0.875. The van der Waals surface area contributed by atoms with Crippen LogP contribution in [0.1, 0.15) is 25.3 Å². The van der Waals surface area contributed by atoms with Crippen molar-refractivity contribution in [1.29, 1.82) is 0 Å². The van der Waals surface area contributed by atoms with Gasteiger partial charge in [0, 0.05) is 19.1 Å². The lowest BCUT2D eigenvalue weighted by Gasteiger charge is -2.43. The van der Waals surface area contributed by atoms with E-state index in [1.807, 2.05) is 14.0 Å². The van der Waals surface area contributed by atoms with Crippen molar-refractivity contribution in [3.05, 3.63) is 29.8 Å². The predicted octanol–water partition coefficient (Wildman–Crippen LogP) is 3.24. The van der Waals surface area contributed by atoms with Crippen molar-refractivity contribution in [2.24, 2.45) is 0 Å². The van der Waals surface area contributed by atoms with Gasteiger partial charge in [0.2, 0.25) is 0 Å². The van der Waals surface area contributed by atoms with Gasteiger partial charge in [0.25, 0.3) is 0 Å². The van der Waals surface area contributed by atoms with Gasteiger partial charge in [-0.25, -0.2) is 0 Å². The predicted molar refractivity (Wildman–Crippen MR) is 73.4 cm³/mol. The number of ether oxygens (including phenoxy) is 2. The number of rotatable bonds is 6. The highest BCUT2D eigenvalue weighted by Gasteiger charge is 2.43. The minimum atomic E-state index is -4.36. The van der Waals surface area contributed by atoms with Gasteiger partial charge in [0.05, 0.1) is 5.56 Å². The Morgan fingerprint density at radius 3 is 2.71 bits per heavy atom. The van der Waals surface area contributed by atoms with Crippen molar-refractivity contribution in [3.63, 3.8) is 0 Å². The van der Waals surface area contributed by atoms with Crippen LogP contribution in [0.5, 0.6) is 5.75 Å². The first-order valence-electron chi connectivity index (χ1n) is 7.08. The molecule has 2 rings (SSSR count). The Hall–Kier alpha value is -1.27. The van der Waals surface area contributed by atoms with Gasteiger partial charge in [-0.1, -0.05) is 13.0 Å². The van der Waals surface area contributed by atoms with Gasteiger partial charge in [-0.2, -0.15) is 13.2 Å². The molecule has 0 saturated heterocycles. The van der Waals surface area contributed by atoms with Crippen LogP contribution in [0.4, 0.5) is 13.2 Å². The van der Waals surface area contributed by atoms with E-state index in [4.69, 9.17) is 9.47 Å². The fraction of sp³-hybridized carbons (Fsp3) is 0.600. The summed E-state index contributed by atoms with van der Waals surface area (Å²) in [5.41, 5.74) is -0.699. The third-order valence-corrected chi connectivity index (χ3v) is 3.58. The van der Waals surface area contributed by atoms with Gasteiger partial charge >= 0.3 is 6.18 Å². The second-order valence-corrected chi connectivity index (χ2v) is 5.15. The lowest BCUT2D eigenvalue weighted by atomic mass is 9.85. The van der Waals surface area contributed by atoms with Crippen molar-refractivity contribution in [2.45, 2.75) is 44.2 Å². The van der Waals surface area contributed by atoms with E-state index in [0.29, 0.717) is 6.61 Å². The zero-order valence-corrected chi connectivity index (χ0v) is 12.1. The molecule has 0 radical (unpaired) electrons. The lowest BCUT2D eigenvalue weighted by Crippen LogP contribution is -2.60. The van der Waals surface area contributed by atoms with Crippen LogP contribution in [-0.4, -0.2) is 31.9 Å². The number of likely N-dealkylation sites (N-methyl/N-ethyl adjacent to an activating group) is 1. The monoisotopic (exact) mass is 303 g/mol. The summed E-state index contributed by atoms with van der Waals surface area (Å²) in [6.07, 6.45) is -3.07. The molecule has 1 N–H and O–H groups in total. The van der Waals surface area contributed by atoms with E-state index in [-0.39, 0.29) is 24.0 Å². The van der Waals surface area contributed by atoms with Crippen molar-refractivity contribution < 1.29 is 22.6 Å². The first-order valence-corrected chi connectivity index (χ1v) is 7.08. The molecule has 21 heavy (non-hydrogen) atoms. The van der Waals surface area contributed by atoms with Crippen LogP contribution in [0, 0.1) is 0 Å². The topological polar surface area (TPSA) is 30.5 Å². The first kappa shape index (κ1) is 16.1. The van der Waals surface area contributed by atoms with E-state index >= 15 is 0 Å². The van der Waals surface area contributed by atoms with Crippen LogP contribution in [0.2, 0.25) is 0 Å². The number of alkyl halides is 3. The highest BCUT2D eigenvalue weighted by atomic mass is 19.4. The van der Waals surface area contributed by atoms with Crippen LogP contribution in [0.25, 0.3) is 0 Å². The van der Waals surface area contributed by atoms with Gasteiger partial charge in [0.1, 0.15) is 18.0 Å². The molecule has 1 saturated carbocycles. The van der Waals surface area contributed by atoms with E-state index in [2.05, 4.69) is 5.32 Å². The Morgan fingerprint density at radius 1 is 1.33 bits per heavy atom. The van der Waals surface area contributed by atoms with Crippen molar-refractivity contribution in [2.75, 3.05) is 13.7 Å². The molecule has 0 aliphatic heterocycles. The second kappa shape index (κ2) is 6.66. The van der Waals surface area contributed by atoms with E-state index in [9.17, 15) is 13.2 Å². The molecule has 6 heteroatoms. The highest BCUT2D eigenvalue weighted by molar-refractivity contribution is 5.30. The molecule has 1 aliphatic rings. The average molecular weight is 303 g/mol. The summed E-state index contributed by atoms with van der Waals surface area (Å²) >= 11 is 0. The van der Waals surface area contributed by atoms with Gasteiger partial charge in [-0.15, -0.1) is 0 Å². The number of benzene rings is 1. The normalized spacial score (nSPS) is 25.5. The molecule has 1 fully saturated rings. The maximum atomic E-state index is 12.7. The van der Waals surface area contributed by atoms with Crippen molar-refractivity contribution in [1.82, 2.24) is 5.32 Å². The second-order valence-electron chi connectivity index (χ2n) is 5.15.